The molecule has 0 aliphatic rings. The van der Waals surface area contributed by atoms with Crippen LogP contribution in [0.15, 0.2) is 112 Å². The molecule has 0 aliphatic carbocycles. The lowest BCUT2D eigenvalue weighted by atomic mass is 10.1. The van der Waals surface area contributed by atoms with E-state index in [0.29, 0.717) is 70.6 Å². The van der Waals surface area contributed by atoms with Gasteiger partial charge in [-0.3, -0.25) is 9.59 Å². The van der Waals surface area contributed by atoms with Crippen molar-refractivity contribution in [2.45, 2.75) is 0 Å². The van der Waals surface area contributed by atoms with E-state index in [1.807, 2.05) is 0 Å². The van der Waals surface area contributed by atoms with Gasteiger partial charge in [0.15, 0.2) is 16.8 Å². The third kappa shape index (κ3) is 12.7. The highest BCUT2D eigenvalue weighted by Crippen LogP contribution is 2.38. The van der Waals surface area contributed by atoms with Crippen LogP contribution in [0.5, 0.6) is 11.5 Å². The maximum atomic E-state index is 13.3. The number of carbonyl (C=O) groups excluding carboxylic acids is 3. The van der Waals surface area contributed by atoms with Gasteiger partial charge in [0.25, 0.3) is 5.91 Å². The molecule has 5 rings (SSSR count). The zero-order valence-corrected chi connectivity index (χ0v) is 30.6. The minimum absolute atomic E-state index is 0.00915. The summed E-state index contributed by atoms with van der Waals surface area (Å²) in [6.07, 6.45) is 0. The molecule has 1 amide bonds. The smallest absolute Gasteiger partial charge is 0.343 e. The molecule has 14 nitrogen and oxygen atoms in total. The number of aliphatic hydroxyl groups excluding tert-OH is 1. The third-order valence-electron chi connectivity index (χ3n) is 7.92. The summed E-state index contributed by atoms with van der Waals surface area (Å²) < 4.78 is 44.4. The van der Waals surface area contributed by atoms with Crippen LogP contribution in [-0.4, -0.2) is 102 Å². The Hall–Kier alpha value is -5.74. The van der Waals surface area contributed by atoms with Crippen LogP contribution in [0, 0.1) is 0 Å². The number of esters is 2. The van der Waals surface area contributed by atoms with Gasteiger partial charge in [0, 0.05) is 23.7 Å². The summed E-state index contributed by atoms with van der Waals surface area (Å²) >= 11 is 0. The fourth-order valence-electron chi connectivity index (χ4n) is 5.13. The normalized spacial score (nSPS) is 11.0. The van der Waals surface area contributed by atoms with Crippen molar-refractivity contribution in [3.05, 3.63) is 130 Å². The number of nitrogens with one attached hydrogen (secondary N) is 1. The fourth-order valence-corrected chi connectivity index (χ4v) is 5.13. The average Bonchev–Trinajstić information content (AvgIpc) is 3.23. The van der Waals surface area contributed by atoms with Gasteiger partial charge in [0.1, 0.15) is 5.76 Å². The van der Waals surface area contributed by atoms with Crippen molar-refractivity contribution in [2.75, 3.05) is 79.2 Å². The van der Waals surface area contributed by atoms with Crippen molar-refractivity contribution in [3.8, 4) is 22.8 Å². The number of amides is 1. The molecule has 0 bridgehead atoms. The number of carbonyl (C=O) groups is 3. The molecule has 2 N–H and O–H groups in total. The Morgan fingerprint density at radius 3 is 1.64 bits per heavy atom. The summed E-state index contributed by atoms with van der Waals surface area (Å²) in [5, 5.41) is 11.5. The second kappa shape index (κ2) is 22.6. The van der Waals surface area contributed by atoms with Gasteiger partial charge in [-0.2, -0.15) is 0 Å². The van der Waals surface area contributed by atoms with Crippen molar-refractivity contribution >= 4 is 28.8 Å². The van der Waals surface area contributed by atoms with Crippen LogP contribution in [0.2, 0.25) is 0 Å². The maximum absolute atomic E-state index is 13.3. The van der Waals surface area contributed by atoms with E-state index >= 15 is 0 Å². The molecule has 1 aromatic heterocycles. The molecule has 0 fully saturated rings. The number of ether oxygens (including phenoxy) is 7. The SMILES string of the molecule is O=C(NCCOCCOCCOCCOCCOCCO)c1ccc(-c2cc(=O)c3ccc(OC(=O)c4ccccc4)c(OC(=O)c4ccccc4)c3o2)cc1. The minimum atomic E-state index is -0.754. The Morgan fingerprint density at radius 2 is 1.09 bits per heavy atom. The van der Waals surface area contributed by atoms with Crippen LogP contribution in [-0.2, 0) is 23.7 Å². The first-order valence-electron chi connectivity index (χ1n) is 18.0. The number of hydrogen-bond acceptors (Lipinski definition) is 13. The first-order valence-corrected chi connectivity index (χ1v) is 18.0. The average molecular weight is 770 g/mol. The van der Waals surface area contributed by atoms with E-state index in [0.717, 1.165) is 0 Å². The second-order valence-corrected chi connectivity index (χ2v) is 11.9. The molecule has 0 aliphatic heterocycles. The van der Waals surface area contributed by atoms with Crippen LogP contribution >= 0.6 is 0 Å². The number of fused-ring (bicyclic) bond motifs is 1. The fraction of sp³-hybridized carbons (Fsp3) is 0.286. The van der Waals surface area contributed by atoms with E-state index in [2.05, 4.69) is 5.32 Å². The van der Waals surface area contributed by atoms with Gasteiger partial charge in [0.2, 0.25) is 5.75 Å². The summed E-state index contributed by atoms with van der Waals surface area (Å²) in [5.74, 6) is -2.02. The van der Waals surface area contributed by atoms with Crippen molar-refractivity contribution in [1.29, 1.82) is 0 Å². The molecule has 56 heavy (non-hydrogen) atoms. The lowest BCUT2D eigenvalue weighted by molar-refractivity contribution is -0.0130. The number of rotatable bonds is 23. The van der Waals surface area contributed by atoms with Gasteiger partial charge < -0.3 is 48.0 Å². The van der Waals surface area contributed by atoms with Gasteiger partial charge in [-0.05, 0) is 48.5 Å². The highest BCUT2D eigenvalue weighted by atomic mass is 16.6. The van der Waals surface area contributed by atoms with Crippen molar-refractivity contribution < 1.29 is 57.1 Å². The molecule has 1 heterocycles. The Morgan fingerprint density at radius 1 is 0.571 bits per heavy atom. The quantitative estimate of drug-likeness (QED) is 0.0531. The van der Waals surface area contributed by atoms with Gasteiger partial charge >= 0.3 is 11.9 Å². The standard InChI is InChI=1S/C42H43NO13/c44-18-20-50-22-24-52-26-28-53-27-25-51-23-21-49-19-17-43-40(46)31-13-11-30(12-14-31)37-29-35(45)34-15-16-36(55-41(47)32-7-3-1-4-8-32)39(38(34)54-37)56-42(48)33-9-5-2-6-10-33/h1-16,29,44H,17-28H2,(H,43,46). The van der Waals surface area contributed by atoms with E-state index in [1.165, 1.54) is 18.2 Å². The Labute approximate surface area is 322 Å². The summed E-state index contributed by atoms with van der Waals surface area (Å²) in [5.41, 5.74) is 0.796. The minimum Gasteiger partial charge on any atom is -0.452 e. The Balaban J connectivity index is 1.14. The molecule has 0 radical (unpaired) electrons. The zero-order chi connectivity index (χ0) is 39.4. The van der Waals surface area contributed by atoms with E-state index < -0.39 is 17.4 Å². The van der Waals surface area contributed by atoms with Crippen LogP contribution in [0.1, 0.15) is 31.1 Å². The first kappa shape index (κ1) is 41.4. The predicted octanol–water partition coefficient (Wildman–Crippen LogP) is 4.70. The first-order chi connectivity index (χ1) is 27.4. The molecule has 294 valence electrons. The van der Waals surface area contributed by atoms with Crippen molar-refractivity contribution in [2.24, 2.45) is 0 Å². The molecule has 0 spiro atoms. The van der Waals surface area contributed by atoms with Crippen LogP contribution < -0.4 is 20.2 Å². The lowest BCUT2D eigenvalue weighted by Crippen LogP contribution is -2.27. The van der Waals surface area contributed by atoms with Crippen molar-refractivity contribution in [3.63, 3.8) is 0 Å². The van der Waals surface area contributed by atoms with Gasteiger partial charge in [-0.15, -0.1) is 0 Å². The summed E-state index contributed by atoms with van der Waals surface area (Å²) in [6, 6.07) is 27.0. The molecule has 4 aromatic carbocycles. The maximum Gasteiger partial charge on any atom is 0.343 e. The van der Waals surface area contributed by atoms with Crippen LogP contribution in [0.4, 0.5) is 0 Å². The number of benzene rings is 4. The summed E-state index contributed by atoms with van der Waals surface area (Å²) in [7, 11) is 0. The number of aliphatic hydroxyl groups is 1. The predicted molar refractivity (Wildman–Crippen MR) is 204 cm³/mol. The Kier molecular flexibility index (Phi) is 16.7. The molecule has 5 aromatic rings. The monoisotopic (exact) mass is 769 g/mol. The highest BCUT2D eigenvalue weighted by molar-refractivity contribution is 5.97. The second-order valence-electron chi connectivity index (χ2n) is 11.9. The van der Waals surface area contributed by atoms with E-state index in [1.54, 1.807) is 84.9 Å². The molecule has 14 heteroatoms. The largest absolute Gasteiger partial charge is 0.452 e. The Bertz CT molecular complexity index is 2050. The van der Waals surface area contributed by atoms with Crippen LogP contribution in [0.3, 0.4) is 0 Å². The lowest BCUT2D eigenvalue weighted by Gasteiger charge is -2.13. The molecular weight excluding hydrogens is 726 g/mol. The van der Waals surface area contributed by atoms with E-state index in [4.69, 9.17) is 42.7 Å². The highest BCUT2D eigenvalue weighted by Gasteiger charge is 2.23. The molecule has 0 unspecified atom stereocenters. The van der Waals surface area contributed by atoms with Gasteiger partial charge in [-0.25, -0.2) is 9.59 Å². The summed E-state index contributed by atoms with van der Waals surface area (Å²) in [4.78, 5) is 52.3. The van der Waals surface area contributed by atoms with E-state index in [-0.39, 0.29) is 65.0 Å². The molecule has 0 atom stereocenters. The topological polar surface area (TPSA) is 178 Å². The molecule has 0 saturated heterocycles. The van der Waals surface area contributed by atoms with Crippen molar-refractivity contribution in [1.82, 2.24) is 5.32 Å². The molecular formula is C42H43NO13. The zero-order valence-electron chi connectivity index (χ0n) is 30.6. The van der Waals surface area contributed by atoms with Gasteiger partial charge in [0.05, 0.1) is 89.2 Å². The van der Waals surface area contributed by atoms with Crippen LogP contribution in [0.25, 0.3) is 22.3 Å². The molecule has 0 saturated carbocycles. The third-order valence-corrected chi connectivity index (χ3v) is 7.92. The summed E-state index contributed by atoms with van der Waals surface area (Å²) in [6.45, 7) is 4.15. The van der Waals surface area contributed by atoms with E-state index in [9.17, 15) is 19.2 Å². The number of hydrogen-bond donors (Lipinski definition) is 2. The van der Waals surface area contributed by atoms with Gasteiger partial charge in [-0.1, -0.05) is 48.5 Å².